The molecule has 5 N–H and O–H groups in total. The fraction of sp³-hybridized carbons (Fsp3) is 0.276. The SMILES string of the molecule is N=C(N)c1ccc(O)c(/C=C/CN(Cc2ccccc2)c2ccc(OC3CCNCC3)c(C(F)(F)F)c2)c1. The number of ether oxygens (including phenoxy) is 1. The maximum Gasteiger partial charge on any atom is 0.420 e. The molecule has 0 bridgehead atoms. The van der Waals surface area contributed by atoms with Crippen molar-refractivity contribution in [1.82, 2.24) is 5.32 Å². The monoisotopic (exact) mass is 524 g/mol. The van der Waals surface area contributed by atoms with Crippen molar-refractivity contribution in [3.63, 3.8) is 0 Å². The summed E-state index contributed by atoms with van der Waals surface area (Å²) in [5.74, 6) is -0.272. The Morgan fingerprint density at radius 1 is 1.08 bits per heavy atom. The maximum absolute atomic E-state index is 14.1. The summed E-state index contributed by atoms with van der Waals surface area (Å²) >= 11 is 0. The smallest absolute Gasteiger partial charge is 0.420 e. The Morgan fingerprint density at radius 3 is 2.50 bits per heavy atom. The summed E-state index contributed by atoms with van der Waals surface area (Å²) in [5.41, 5.74) is 7.00. The van der Waals surface area contributed by atoms with Crippen LogP contribution in [0.25, 0.3) is 6.08 Å². The van der Waals surface area contributed by atoms with Crippen LogP contribution in [-0.2, 0) is 12.7 Å². The van der Waals surface area contributed by atoms with Gasteiger partial charge in [0, 0.05) is 29.9 Å². The van der Waals surface area contributed by atoms with Gasteiger partial charge >= 0.3 is 6.18 Å². The van der Waals surface area contributed by atoms with E-state index >= 15 is 0 Å². The standard InChI is InChI=1S/C29H31F3N4O2/c30-29(31,32)25-18-23(9-11-27(25)38-24-12-14-35-15-13-24)36(19-20-5-2-1-3-6-20)16-4-7-21-17-22(28(33)34)8-10-26(21)37/h1-11,17-18,24,35,37H,12-16,19H2,(H3,33,34)/b7-4+. The van der Waals surface area contributed by atoms with Gasteiger partial charge in [0.2, 0.25) is 0 Å². The molecule has 0 aliphatic carbocycles. The molecular formula is C29H31F3N4O2. The number of rotatable bonds is 9. The number of halogens is 3. The molecule has 0 saturated carbocycles. The third kappa shape index (κ3) is 7.07. The van der Waals surface area contributed by atoms with Crippen molar-refractivity contribution in [2.24, 2.45) is 5.73 Å². The Kier molecular flexibility index (Phi) is 8.58. The van der Waals surface area contributed by atoms with Gasteiger partial charge in [-0.3, -0.25) is 5.41 Å². The number of nitrogen functional groups attached to an aromatic ring is 1. The van der Waals surface area contributed by atoms with E-state index in [-0.39, 0.29) is 30.0 Å². The van der Waals surface area contributed by atoms with Crippen molar-refractivity contribution in [2.75, 3.05) is 24.5 Å². The average molecular weight is 525 g/mol. The third-order valence-electron chi connectivity index (χ3n) is 6.39. The van der Waals surface area contributed by atoms with Gasteiger partial charge in [-0.05, 0) is 67.9 Å². The molecule has 3 aromatic rings. The minimum Gasteiger partial charge on any atom is -0.507 e. The Morgan fingerprint density at radius 2 is 1.82 bits per heavy atom. The predicted octanol–water partition coefficient (Wildman–Crippen LogP) is 5.55. The van der Waals surface area contributed by atoms with Crippen LogP contribution in [0, 0.1) is 5.41 Å². The molecule has 9 heteroatoms. The largest absolute Gasteiger partial charge is 0.507 e. The number of phenolic OH excluding ortho intramolecular Hbond substituents is 1. The number of piperidine rings is 1. The van der Waals surface area contributed by atoms with Crippen molar-refractivity contribution in [3.05, 3.63) is 95.1 Å². The zero-order chi connectivity index (χ0) is 27.1. The Labute approximate surface area is 220 Å². The zero-order valence-electron chi connectivity index (χ0n) is 20.8. The highest BCUT2D eigenvalue weighted by molar-refractivity contribution is 5.95. The van der Waals surface area contributed by atoms with Crippen LogP contribution < -0.4 is 20.7 Å². The highest BCUT2D eigenvalue weighted by atomic mass is 19.4. The molecular weight excluding hydrogens is 493 g/mol. The van der Waals surface area contributed by atoms with E-state index in [0.29, 0.717) is 49.3 Å². The molecule has 4 rings (SSSR count). The van der Waals surface area contributed by atoms with Crippen LogP contribution in [0.4, 0.5) is 18.9 Å². The second-order valence-electron chi connectivity index (χ2n) is 9.20. The molecule has 0 amide bonds. The van der Waals surface area contributed by atoms with Gasteiger partial charge in [-0.2, -0.15) is 13.2 Å². The van der Waals surface area contributed by atoms with Crippen LogP contribution in [0.1, 0.15) is 35.1 Å². The zero-order valence-corrected chi connectivity index (χ0v) is 20.8. The minimum absolute atomic E-state index is 0.0135. The van der Waals surface area contributed by atoms with Crippen molar-refractivity contribution >= 4 is 17.6 Å². The number of alkyl halides is 3. The summed E-state index contributed by atoms with van der Waals surface area (Å²) in [6.07, 6.45) is -0.104. The highest BCUT2D eigenvalue weighted by Crippen LogP contribution is 2.39. The first-order valence-electron chi connectivity index (χ1n) is 12.4. The summed E-state index contributed by atoms with van der Waals surface area (Å²) < 4.78 is 48.1. The van der Waals surface area contributed by atoms with E-state index in [4.69, 9.17) is 15.9 Å². The molecule has 0 radical (unpaired) electrons. The Balaban J connectivity index is 1.63. The van der Waals surface area contributed by atoms with Gasteiger partial charge in [0.15, 0.2) is 0 Å². The Bertz CT molecular complexity index is 1270. The van der Waals surface area contributed by atoms with E-state index in [1.807, 2.05) is 35.2 Å². The first kappa shape index (κ1) is 27.1. The fourth-order valence-electron chi connectivity index (χ4n) is 4.36. The van der Waals surface area contributed by atoms with Crippen LogP contribution in [-0.4, -0.2) is 36.7 Å². The van der Waals surface area contributed by atoms with Gasteiger partial charge in [0.1, 0.15) is 23.4 Å². The maximum atomic E-state index is 14.1. The van der Waals surface area contributed by atoms with Crippen LogP contribution in [0.3, 0.4) is 0 Å². The first-order valence-corrected chi connectivity index (χ1v) is 12.4. The van der Waals surface area contributed by atoms with Gasteiger partial charge in [-0.1, -0.05) is 42.5 Å². The third-order valence-corrected chi connectivity index (χ3v) is 6.39. The molecule has 6 nitrogen and oxygen atoms in total. The van der Waals surface area contributed by atoms with E-state index in [9.17, 15) is 18.3 Å². The molecule has 1 saturated heterocycles. The number of nitrogens with zero attached hydrogens (tertiary/aromatic N) is 1. The quantitative estimate of drug-likeness (QED) is 0.218. The summed E-state index contributed by atoms with van der Waals surface area (Å²) in [6.45, 7) is 2.07. The molecule has 1 aliphatic rings. The normalized spacial score (nSPS) is 14.5. The molecule has 0 atom stereocenters. The van der Waals surface area contributed by atoms with Crippen molar-refractivity contribution < 1.29 is 23.0 Å². The van der Waals surface area contributed by atoms with Gasteiger partial charge in [0.25, 0.3) is 0 Å². The molecule has 3 aromatic carbocycles. The van der Waals surface area contributed by atoms with E-state index in [0.717, 1.165) is 11.6 Å². The molecule has 38 heavy (non-hydrogen) atoms. The van der Waals surface area contributed by atoms with Gasteiger partial charge in [-0.15, -0.1) is 0 Å². The number of anilines is 1. The number of nitrogens with one attached hydrogen (secondary N) is 2. The van der Waals surface area contributed by atoms with Crippen LogP contribution in [0.15, 0.2) is 72.8 Å². The van der Waals surface area contributed by atoms with Gasteiger partial charge in [-0.25, -0.2) is 0 Å². The lowest BCUT2D eigenvalue weighted by atomic mass is 10.1. The second kappa shape index (κ2) is 12.0. The Hall–Kier alpha value is -3.98. The molecule has 0 spiro atoms. The topological polar surface area (TPSA) is 94.6 Å². The number of hydrogen-bond acceptors (Lipinski definition) is 5. The summed E-state index contributed by atoms with van der Waals surface area (Å²) in [6, 6.07) is 18.3. The fourth-order valence-corrected chi connectivity index (χ4v) is 4.36. The lowest BCUT2D eigenvalue weighted by Crippen LogP contribution is -2.34. The lowest BCUT2D eigenvalue weighted by molar-refractivity contribution is -0.139. The van der Waals surface area contributed by atoms with Crippen molar-refractivity contribution in [3.8, 4) is 11.5 Å². The average Bonchev–Trinajstić information content (AvgIpc) is 2.90. The highest BCUT2D eigenvalue weighted by Gasteiger charge is 2.36. The van der Waals surface area contributed by atoms with Crippen LogP contribution in [0.2, 0.25) is 0 Å². The van der Waals surface area contributed by atoms with Crippen molar-refractivity contribution in [2.45, 2.75) is 31.7 Å². The van der Waals surface area contributed by atoms with E-state index in [1.54, 1.807) is 30.4 Å². The predicted molar refractivity (Wildman–Crippen MR) is 144 cm³/mol. The number of nitrogens with two attached hydrogens (primary N) is 1. The lowest BCUT2D eigenvalue weighted by Gasteiger charge is -2.28. The molecule has 0 unspecified atom stereocenters. The summed E-state index contributed by atoms with van der Waals surface area (Å²) in [7, 11) is 0. The number of hydrogen-bond donors (Lipinski definition) is 4. The summed E-state index contributed by atoms with van der Waals surface area (Å²) in [5, 5.41) is 21.0. The number of aromatic hydroxyl groups is 1. The minimum atomic E-state index is -4.58. The first-order chi connectivity index (χ1) is 18.2. The van der Waals surface area contributed by atoms with E-state index < -0.39 is 11.7 Å². The molecule has 0 aromatic heterocycles. The number of phenols is 1. The van der Waals surface area contributed by atoms with Crippen LogP contribution >= 0.6 is 0 Å². The van der Waals surface area contributed by atoms with Gasteiger partial charge in [0.05, 0.1) is 5.56 Å². The van der Waals surface area contributed by atoms with Crippen LogP contribution in [0.5, 0.6) is 11.5 Å². The number of amidine groups is 1. The molecule has 1 aliphatic heterocycles. The van der Waals surface area contributed by atoms with E-state index in [1.165, 1.54) is 12.1 Å². The molecule has 1 fully saturated rings. The van der Waals surface area contributed by atoms with Crippen molar-refractivity contribution in [1.29, 1.82) is 5.41 Å². The number of benzene rings is 3. The van der Waals surface area contributed by atoms with Gasteiger partial charge < -0.3 is 25.8 Å². The van der Waals surface area contributed by atoms with E-state index in [2.05, 4.69) is 5.32 Å². The molecule has 1 heterocycles. The summed E-state index contributed by atoms with van der Waals surface area (Å²) in [4.78, 5) is 1.82. The molecule has 200 valence electrons. The second-order valence-corrected chi connectivity index (χ2v) is 9.20.